The molecule has 1 aromatic carbocycles. The van der Waals surface area contributed by atoms with Crippen LogP contribution in [0.4, 0.5) is 5.69 Å². The highest BCUT2D eigenvalue weighted by Gasteiger charge is 2.10. The smallest absolute Gasteiger partial charge is 0.270 e. The first-order chi connectivity index (χ1) is 9.31. The Morgan fingerprint density at radius 2 is 2.10 bits per heavy atom. The van der Waals surface area contributed by atoms with Crippen LogP contribution in [0, 0.1) is 13.8 Å². The molecule has 1 atom stereocenters. The monoisotopic (exact) mass is 297 g/mol. The van der Waals surface area contributed by atoms with Crippen molar-refractivity contribution in [2.24, 2.45) is 10.9 Å². The van der Waals surface area contributed by atoms with Gasteiger partial charge < -0.3 is 15.9 Å². The van der Waals surface area contributed by atoms with Gasteiger partial charge in [0.25, 0.3) is 11.8 Å². The number of anilines is 1. The van der Waals surface area contributed by atoms with Crippen LogP contribution in [0.15, 0.2) is 17.3 Å². The highest BCUT2D eigenvalue weighted by Crippen LogP contribution is 2.26. The summed E-state index contributed by atoms with van der Waals surface area (Å²) in [5.41, 5.74) is 7.32. The van der Waals surface area contributed by atoms with Crippen LogP contribution in [0.1, 0.15) is 18.1 Å². The van der Waals surface area contributed by atoms with E-state index >= 15 is 0 Å². The molecule has 0 spiro atoms. The summed E-state index contributed by atoms with van der Waals surface area (Å²) < 4.78 is 0. The van der Waals surface area contributed by atoms with Gasteiger partial charge in [0.15, 0.2) is 0 Å². The van der Waals surface area contributed by atoms with Crippen molar-refractivity contribution in [1.29, 1.82) is 0 Å². The first-order valence-corrected chi connectivity index (χ1v) is 6.25. The number of nitrogens with zero attached hydrogens (tertiary/aromatic N) is 1. The van der Waals surface area contributed by atoms with Gasteiger partial charge in [-0.05, 0) is 38.0 Å². The minimum absolute atomic E-state index is 0.440. The Balaban J connectivity index is 2.68. The third-order valence-corrected chi connectivity index (χ3v) is 2.77. The summed E-state index contributed by atoms with van der Waals surface area (Å²) in [5, 5.41) is 6.42. The molecule has 7 heteroatoms. The molecule has 3 N–H and O–H groups in total. The summed E-state index contributed by atoms with van der Waals surface area (Å²) in [4.78, 5) is 27.0. The fourth-order valence-corrected chi connectivity index (χ4v) is 1.82. The summed E-state index contributed by atoms with van der Waals surface area (Å²) in [5.74, 6) is -1.18. The van der Waals surface area contributed by atoms with E-state index in [1.807, 2.05) is 19.9 Å². The predicted octanol–water partition coefficient (Wildman–Crippen LogP) is 1.77. The molecule has 0 aromatic heterocycles. The molecular weight excluding hydrogens is 282 g/mol. The zero-order valence-corrected chi connectivity index (χ0v) is 12.2. The SMILES string of the molecule is Cc1cc(C)c(NC(=O)C=NOC(C)C(N)=O)c(Cl)c1. The number of carbonyl (C=O) groups is 2. The number of nitrogens with one attached hydrogen (secondary N) is 1. The van der Waals surface area contributed by atoms with E-state index in [0.29, 0.717) is 10.7 Å². The molecular formula is C13H16ClN3O3. The standard InChI is InChI=1S/C13H16ClN3O3/c1-7-4-8(2)12(10(14)5-7)17-11(18)6-16-20-9(3)13(15)19/h4-6,9H,1-3H3,(H2,15,19)(H,17,18). The van der Waals surface area contributed by atoms with Crippen LogP contribution < -0.4 is 11.1 Å². The number of halogens is 1. The molecule has 0 radical (unpaired) electrons. The molecule has 0 bridgehead atoms. The minimum Gasteiger partial charge on any atom is -0.383 e. The van der Waals surface area contributed by atoms with Gasteiger partial charge >= 0.3 is 0 Å². The van der Waals surface area contributed by atoms with Gasteiger partial charge in [-0.25, -0.2) is 0 Å². The Morgan fingerprint density at radius 3 is 2.65 bits per heavy atom. The molecule has 108 valence electrons. The van der Waals surface area contributed by atoms with E-state index in [4.69, 9.17) is 22.2 Å². The van der Waals surface area contributed by atoms with Crippen molar-refractivity contribution >= 4 is 35.3 Å². The number of nitrogens with two attached hydrogens (primary N) is 1. The Kier molecular flexibility index (Phi) is 5.52. The van der Waals surface area contributed by atoms with Crippen LogP contribution in [0.2, 0.25) is 5.02 Å². The highest BCUT2D eigenvalue weighted by molar-refractivity contribution is 6.37. The Hall–Kier alpha value is -2.08. The van der Waals surface area contributed by atoms with Crippen LogP contribution >= 0.6 is 11.6 Å². The van der Waals surface area contributed by atoms with Gasteiger partial charge in [0.1, 0.15) is 6.21 Å². The van der Waals surface area contributed by atoms with E-state index in [9.17, 15) is 9.59 Å². The molecule has 0 saturated carbocycles. The normalized spacial score (nSPS) is 12.2. The summed E-state index contributed by atoms with van der Waals surface area (Å²) in [6.45, 7) is 5.17. The number of primary amides is 1. The maximum absolute atomic E-state index is 11.6. The van der Waals surface area contributed by atoms with Crippen molar-refractivity contribution in [3.05, 3.63) is 28.3 Å². The van der Waals surface area contributed by atoms with Crippen LogP contribution in [0.5, 0.6) is 0 Å². The van der Waals surface area contributed by atoms with Gasteiger partial charge in [-0.15, -0.1) is 0 Å². The lowest BCUT2D eigenvalue weighted by Gasteiger charge is -2.10. The van der Waals surface area contributed by atoms with Gasteiger partial charge in [0.05, 0.1) is 10.7 Å². The summed E-state index contributed by atoms with van der Waals surface area (Å²) in [6.07, 6.45) is 0.0125. The average Bonchev–Trinajstić information content (AvgIpc) is 2.33. The lowest BCUT2D eigenvalue weighted by Crippen LogP contribution is -2.27. The molecule has 0 aliphatic rings. The summed E-state index contributed by atoms with van der Waals surface area (Å²) in [7, 11) is 0. The van der Waals surface area contributed by atoms with Crippen LogP contribution in [-0.4, -0.2) is 24.1 Å². The number of rotatable bonds is 5. The third kappa shape index (κ3) is 4.55. The van der Waals surface area contributed by atoms with Crippen LogP contribution in [0.3, 0.4) is 0 Å². The molecule has 1 rings (SSSR count). The fourth-order valence-electron chi connectivity index (χ4n) is 1.45. The average molecular weight is 298 g/mol. The first-order valence-electron chi connectivity index (χ1n) is 5.87. The Bertz CT molecular complexity index is 535. The molecule has 2 amide bonds. The maximum Gasteiger partial charge on any atom is 0.270 e. The predicted molar refractivity (Wildman–Crippen MR) is 77.8 cm³/mol. The van der Waals surface area contributed by atoms with Crippen molar-refractivity contribution < 1.29 is 14.4 Å². The van der Waals surface area contributed by atoms with E-state index in [-0.39, 0.29) is 0 Å². The van der Waals surface area contributed by atoms with E-state index in [1.54, 1.807) is 6.07 Å². The van der Waals surface area contributed by atoms with E-state index < -0.39 is 17.9 Å². The molecule has 1 unspecified atom stereocenters. The van der Waals surface area contributed by atoms with Gasteiger partial charge in [0.2, 0.25) is 6.10 Å². The van der Waals surface area contributed by atoms with E-state index in [1.165, 1.54) is 6.92 Å². The Morgan fingerprint density at radius 1 is 1.45 bits per heavy atom. The number of carbonyl (C=O) groups excluding carboxylic acids is 2. The summed E-state index contributed by atoms with van der Waals surface area (Å²) in [6, 6.07) is 3.64. The largest absolute Gasteiger partial charge is 0.383 e. The fraction of sp³-hybridized carbons (Fsp3) is 0.308. The molecule has 0 fully saturated rings. The van der Waals surface area contributed by atoms with Crippen molar-refractivity contribution in [2.45, 2.75) is 26.9 Å². The number of oxime groups is 1. The lowest BCUT2D eigenvalue weighted by atomic mass is 10.1. The van der Waals surface area contributed by atoms with Gasteiger partial charge in [-0.3, -0.25) is 9.59 Å². The van der Waals surface area contributed by atoms with E-state index in [2.05, 4.69) is 10.5 Å². The number of benzene rings is 1. The van der Waals surface area contributed by atoms with Gasteiger partial charge in [-0.2, -0.15) is 0 Å². The van der Waals surface area contributed by atoms with Crippen LogP contribution in [-0.2, 0) is 14.4 Å². The number of amides is 2. The second-order valence-corrected chi connectivity index (χ2v) is 4.72. The Labute approximate surface area is 121 Å². The van der Waals surface area contributed by atoms with Crippen LogP contribution in [0.25, 0.3) is 0 Å². The molecule has 20 heavy (non-hydrogen) atoms. The molecule has 1 aromatic rings. The van der Waals surface area contributed by atoms with E-state index in [0.717, 1.165) is 17.3 Å². The molecule has 0 saturated heterocycles. The first kappa shape index (κ1) is 16.0. The zero-order valence-electron chi connectivity index (χ0n) is 11.4. The number of hydrogen-bond acceptors (Lipinski definition) is 4. The third-order valence-electron chi connectivity index (χ3n) is 2.47. The van der Waals surface area contributed by atoms with Crippen molar-refractivity contribution in [2.75, 3.05) is 5.32 Å². The highest BCUT2D eigenvalue weighted by atomic mass is 35.5. The van der Waals surface area contributed by atoms with Gasteiger partial charge in [0, 0.05) is 0 Å². The van der Waals surface area contributed by atoms with Crippen molar-refractivity contribution in [3.63, 3.8) is 0 Å². The van der Waals surface area contributed by atoms with Crippen molar-refractivity contribution in [3.8, 4) is 0 Å². The second-order valence-electron chi connectivity index (χ2n) is 4.31. The molecule has 6 nitrogen and oxygen atoms in total. The topological polar surface area (TPSA) is 93.8 Å². The maximum atomic E-state index is 11.6. The lowest BCUT2D eigenvalue weighted by molar-refractivity contribution is -0.128. The molecule has 0 aliphatic carbocycles. The quantitative estimate of drug-likeness (QED) is 0.640. The number of hydrogen-bond donors (Lipinski definition) is 2. The second kappa shape index (κ2) is 6.91. The number of aryl methyl sites for hydroxylation is 2. The molecule has 0 aliphatic heterocycles. The molecule has 0 heterocycles. The zero-order chi connectivity index (χ0) is 15.3. The minimum atomic E-state index is -0.899. The summed E-state index contributed by atoms with van der Waals surface area (Å²) >= 11 is 6.05. The van der Waals surface area contributed by atoms with Gasteiger partial charge in [-0.1, -0.05) is 22.8 Å². The van der Waals surface area contributed by atoms with Crippen molar-refractivity contribution in [1.82, 2.24) is 0 Å².